The molecule has 0 saturated heterocycles. The molecule has 0 spiro atoms. The van der Waals surface area contributed by atoms with Gasteiger partial charge < -0.3 is 5.32 Å². The first-order valence-electron chi connectivity index (χ1n) is 6.29. The number of hydrogen-bond acceptors (Lipinski definition) is 3. The SMILES string of the molecule is CNC(C)CCC1CCCC(S(C)(=O)=O)C1. The Labute approximate surface area is 99.9 Å². The van der Waals surface area contributed by atoms with Crippen molar-refractivity contribution in [2.45, 2.75) is 56.7 Å². The highest BCUT2D eigenvalue weighted by Gasteiger charge is 2.28. The predicted molar refractivity (Wildman–Crippen MR) is 68.3 cm³/mol. The molecule has 3 atom stereocenters. The van der Waals surface area contributed by atoms with Crippen molar-refractivity contribution in [3.63, 3.8) is 0 Å². The van der Waals surface area contributed by atoms with Crippen LogP contribution >= 0.6 is 0 Å². The summed E-state index contributed by atoms with van der Waals surface area (Å²) in [6, 6.07) is 0.540. The third-order valence-corrected chi connectivity index (χ3v) is 5.48. The van der Waals surface area contributed by atoms with Crippen LogP contribution in [0.1, 0.15) is 45.4 Å². The van der Waals surface area contributed by atoms with E-state index < -0.39 is 9.84 Å². The van der Waals surface area contributed by atoms with Gasteiger partial charge in [-0.15, -0.1) is 0 Å². The van der Waals surface area contributed by atoms with Crippen molar-refractivity contribution in [1.29, 1.82) is 0 Å². The molecule has 1 aliphatic carbocycles. The Morgan fingerprint density at radius 2 is 2.06 bits per heavy atom. The maximum atomic E-state index is 11.5. The number of nitrogens with one attached hydrogen (secondary N) is 1. The van der Waals surface area contributed by atoms with Crippen LogP contribution < -0.4 is 5.32 Å². The largest absolute Gasteiger partial charge is 0.317 e. The van der Waals surface area contributed by atoms with E-state index in [0.717, 1.165) is 32.1 Å². The molecule has 1 N–H and O–H groups in total. The molecule has 4 heteroatoms. The zero-order valence-corrected chi connectivity index (χ0v) is 11.5. The number of hydrogen-bond donors (Lipinski definition) is 1. The minimum Gasteiger partial charge on any atom is -0.317 e. The minimum atomic E-state index is -2.82. The van der Waals surface area contributed by atoms with Crippen LogP contribution in [0.15, 0.2) is 0 Å². The lowest BCUT2D eigenvalue weighted by Crippen LogP contribution is -2.29. The van der Waals surface area contributed by atoms with Crippen molar-refractivity contribution >= 4 is 9.84 Å². The van der Waals surface area contributed by atoms with Crippen molar-refractivity contribution in [2.75, 3.05) is 13.3 Å². The quantitative estimate of drug-likeness (QED) is 0.808. The van der Waals surface area contributed by atoms with Crippen molar-refractivity contribution in [2.24, 2.45) is 5.92 Å². The van der Waals surface area contributed by atoms with Gasteiger partial charge in [0.25, 0.3) is 0 Å². The smallest absolute Gasteiger partial charge is 0.150 e. The molecule has 0 aliphatic heterocycles. The Kier molecular flexibility index (Phi) is 5.25. The van der Waals surface area contributed by atoms with Crippen LogP contribution in [0.25, 0.3) is 0 Å². The first-order valence-corrected chi connectivity index (χ1v) is 8.25. The fraction of sp³-hybridized carbons (Fsp3) is 1.00. The molecule has 16 heavy (non-hydrogen) atoms. The van der Waals surface area contributed by atoms with E-state index in [1.165, 1.54) is 12.7 Å². The lowest BCUT2D eigenvalue weighted by Gasteiger charge is -2.28. The summed E-state index contributed by atoms with van der Waals surface area (Å²) in [5.74, 6) is 0.615. The zero-order chi connectivity index (χ0) is 12.2. The predicted octanol–water partition coefficient (Wildman–Crippen LogP) is 1.98. The van der Waals surface area contributed by atoms with Gasteiger partial charge in [0, 0.05) is 12.3 Å². The maximum Gasteiger partial charge on any atom is 0.150 e. The van der Waals surface area contributed by atoms with Gasteiger partial charge in [0.15, 0.2) is 0 Å². The summed E-state index contributed by atoms with van der Waals surface area (Å²) in [5.41, 5.74) is 0. The van der Waals surface area contributed by atoms with Crippen LogP contribution in [-0.2, 0) is 9.84 Å². The highest BCUT2D eigenvalue weighted by atomic mass is 32.2. The van der Waals surface area contributed by atoms with Crippen molar-refractivity contribution in [3.05, 3.63) is 0 Å². The van der Waals surface area contributed by atoms with Gasteiger partial charge in [-0.1, -0.05) is 12.8 Å². The molecule has 0 aromatic heterocycles. The Morgan fingerprint density at radius 3 is 2.62 bits per heavy atom. The van der Waals surface area contributed by atoms with E-state index in [2.05, 4.69) is 12.2 Å². The fourth-order valence-electron chi connectivity index (χ4n) is 2.52. The summed E-state index contributed by atoms with van der Waals surface area (Å²) in [6.45, 7) is 2.18. The standard InChI is InChI=1S/C12H25NO2S/c1-10(13-2)7-8-11-5-4-6-12(9-11)16(3,14)15/h10-13H,4-9H2,1-3H3. The van der Waals surface area contributed by atoms with E-state index in [9.17, 15) is 8.42 Å². The Balaban J connectivity index is 2.39. The van der Waals surface area contributed by atoms with Crippen LogP contribution in [0, 0.1) is 5.92 Å². The lowest BCUT2D eigenvalue weighted by atomic mass is 9.85. The molecule has 0 amide bonds. The van der Waals surface area contributed by atoms with Gasteiger partial charge in [0.2, 0.25) is 0 Å². The van der Waals surface area contributed by atoms with Gasteiger partial charge in [-0.2, -0.15) is 0 Å². The molecule has 1 aliphatic rings. The summed E-state index contributed by atoms with van der Waals surface area (Å²) in [5, 5.41) is 3.15. The van der Waals surface area contributed by atoms with E-state index in [1.54, 1.807) is 0 Å². The Hall–Kier alpha value is -0.0900. The Morgan fingerprint density at radius 1 is 1.38 bits per heavy atom. The van der Waals surface area contributed by atoms with Crippen LogP contribution in [0.3, 0.4) is 0 Å². The Bertz CT molecular complexity index is 300. The van der Waals surface area contributed by atoms with Gasteiger partial charge in [-0.25, -0.2) is 8.42 Å². The highest BCUT2D eigenvalue weighted by Crippen LogP contribution is 2.31. The van der Waals surface area contributed by atoms with Gasteiger partial charge >= 0.3 is 0 Å². The average molecular weight is 247 g/mol. The normalized spacial score (nSPS) is 28.9. The summed E-state index contributed by atoms with van der Waals surface area (Å²) in [4.78, 5) is 0. The topological polar surface area (TPSA) is 46.2 Å². The minimum absolute atomic E-state index is 0.0730. The zero-order valence-electron chi connectivity index (χ0n) is 10.7. The first-order chi connectivity index (χ1) is 7.43. The van der Waals surface area contributed by atoms with E-state index in [-0.39, 0.29) is 5.25 Å². The molecule has 1 fully saturated rings. The second kappa shape index (κ2) is 6.01. The van der Waals surface area contributed by atoms with Crippen molar-refractivity contribution < 1.29 is 8.42 Å². The molecule has 0 bridgehead atoms. The third kappa shape index (κ3) is 4.42. The molecule has 0 aromatic carbocycles. The third-order valence-electron chi connectivity index (χ3n) is 3.84. The second-order valence-corrected chi connectivity index (χ2v) is 7.58. The van der Waals surface area contributed by atoms with Gasteiger partial charge in [0.05, 0.1) is 5.25 Å². The summed E-state index contributed by atoms with van der Waals surface area (Å²) in [6.07, 6.45) is 7.74. The van der Waals surface area contributed by atoms with Crippen LogP contribution in [0.5, 0.6) is 0 Å². The molecule has 0 aromatic rings. The molecule has 1 rings (SSSR count). The monoisotopic (exact) mass is 247 g/mol. The van der Waals surface area contributed by atoms with Gasteiger partial charge in [-0.05, 0) is 45.6 Å². The lowest BCUT2D eigenvalue weighted by molar-refractivity contribution is 0.320. The highest BCUT2D eigenvalue weighted by molar-refractivity contribution is 7.91. The van der Waals surface area contributed by atoms with E-state index in [1.807, 2.05) is 7.05 Å². The first kappa shape index (κ1) is 14.0. The molecule has 0 radical (unpaired) electrons. The van der Waals surface area contributed by atoms with E-state index >= 15 is 0 Å². The molecule has 1 saturated carbocycles. The summed E-state index contributed by atoms with van der Waals surface area (Å²) in [7, 11) is -0.842. The summed E-state index contributed by atoms with van der Waals surface area (Å²) < 4.78 is 23.0. The van der Waals surface area contributed by atoms with E-state index in [0.29, 0.717) is 12.0 Å². The second-order valence-electron chi connectivity index (χ2n) is 5.25. The van der Waals surface area contributed by atoms with Crippen LogP contribution in [-0.4, -0.2) is 33.0 Å². The molecule has 96 valence electrons. The van der Waals surface area contributed by atoms with Crippen LogP contribution in [0.4, 0.5) is 0 Å². The van der Waals surface area contributed by atoms with Crippen molar-refractivity contribution in [1.82, 2.24) is 5.32 Å². The molecule has 3 nitrogen and oxygen atoms in total. The molecular formula is C12H25NO2S. The molecule has 3 unspecified atom stereocenters. The fourth-order valence-corrected chi connectivity index (χ4v) is 3.74. The number of rotatable bonds is 5. The number of sulfone groups is 1. The van der Waals surface area contributed by atoms with Gasteiger partial charge in [-0.3, -0.25) is 0 Å². The van der Waals surface area contributed by atoms with E-state index in [4.69, 9.17) is 0 Å². The summed E-state index contributed by atoms with van der Waals surface area (Å²) >= 11 is 0. The average Bonchev–Trinajstić information content (AvgIpc) is 2.25. The van der Waals surface area contributed by atoms with Gasteiger partial charge in [0.1, 0.15) is 9.84 Å². The molecule has 0 heterocycles. The van der Waals surface area contributed by atoms with Crippen molar-refractivity contribution in [3.8, 4) is 0 Å². The van der Waals surface area contributed by atoms with Crippen LogP contribution in [0.2, 0.25) is 0 Å². The maximum absolute atomic E-state index is 11.5. The molecular weight excluding hydrogens is 222 g/mol.